The van der Waals surface area contributed by atoms with E-state index in [1.165, 1.54) is 10.3 Å². The Balaban J connectivity index is 1.53. The Hall–Kier alpha value is -1.66. The van der Waals surface area contributed by atoms with Gasteiger partial charge in [-0.25, -0.2) is 4.98 Å². The van der Waals surface area contributed by atoms with Crippen molar-refractivity contribution in [3.05, 3.63) is 23.8 Å². The zero-order chi connectivity index (χ0) is 14.7. The summed E-state index contributed by atoms with van der Waals surface area (Å²) in [4.78, 5) is 18.4. The molecule has 1 fully saturated rings. The van der Waals surface area contributed by atoms with E-state index in [-0.39, 0.29) is 5.91 Å². The van der Waals surface area contributed by atoms with Crippen LogP contribution in [0.3, 0.4) is 0 Å². The summed E-state index contributed by atoms with van der Waals surface area (Å²) in [7, 11) is 0. The van der Waals surface area contributed by atoms with E-state index < -0.39 is 0 Å². The van der Waals surface area contributed by atoms with Crippen molar-refractivity contribution in [1.82, 2.24) is 9.88 Å². The van der Waals surface area contributed by atoms with Crippen LogP contribution in [-0.2, 0) is 9.53 Å². The molecule has 1 N–H and O–H groups in total. The van der Waals surface area contributed by atoms with E-state index in [0.717, 1.165) is 10.6 Å². The van der Waals surface area contributed by atoms with Gasteiger partial charge in [-0.3, -0.25) is 4.79 Å². The van der Waals surface area contributed by atoms with Gasteiger partial charge in [-0.2, -0.15) is 0 Å². The molecule has 21 heavy (non-hydrogen) atoms. The fourth-order valence-electron chi connectivity index (χ4n) is 2.36. The number of rotatable bonds is 4. The fourth-order valence-corrected chi connectivity index (χ4v) is 3.23. The maximum atomic E-state index is 12.0. The van der Waals surface area contributed by atoms with Gasteiger partial charge in [-0.1, -0.05) is 17.4 Å². The Labute approximate surface area is 127 Å². The second kappa shape index (κ2) is 6.41. The van der Waals surface area contributed by atoms with Crippen molar-refractivity contribution in [2.45, 2.75) is 13.3 Å². The molecular weight excluding hydrogens is 286 g/mol. The predicted molar refractivity (Wildman–Crippen MR) is 84.9 cm³/mol. The average molecular weight is 305 g/mol. The van der Waals surface area contributed by atoms with Crippen molar-refractivity contribution in [2.75, 3.05) is 38.2 Å². The molecule has 1 amide bonds. The highest BCUT2D eigenvalue weighted by atomic mass is 32.1. The zero-order valence-electron chi connectivity index (χ0n) is 12.1. The van der Waals surface area contributed by atoms with Crippen LogP contribution >= 0.6 is 11.3 Å². The van der Waals surface area contributed by atoms with E-state index in [4.69, 9.17) is 4.74 Å². The molecule has 1 aromatic heterocycles. The lowest BCUT2D eigenvalue weighted by molar-refractivity contribution is -0.134. The molecule has 1 aromatic carbocycles. The lowest BCUT2D eigenvalue weighted by Gasteiger charge is -2.26. The first kappa shape index (κ1) is 14.3. The van der Waals surface area contributed by atoms with Crippen molar-refractivity contribution in [3.63, 3.8) is 0 Å². The van der Waals surface area contributed by atoms with Crippen molar-refractivity contribution >= 4 is 32.6 Å². The number of fused-ring (bicyclic) bond motifs is 1. The third-order valence-corrected chi connectivity index (χ3v) is 4.52. The molecule has 0 spiro atoms. The Morgan fingerprint density at radius 2 is 2.24 bits per heavy atom. The summed E-state index contributed by atoms with van der Waals surface area (Å²) in [5.41, 5.74) is 2.23. The van der Waals surface area contributed by atoms with Gasteiger partial charge in [0.05, 0.1) is 23.4 Å². The quantitative estimate of drug-likeness (QED) is 0.941. The maximum Gasteiger partial charge on any atom is 0.224 e. The third kappa shape index (κ3) is 3.51. The van der Waals surface area contributed by atoms with Gasteiger partial charge in [0.2, 0.25) is 5.91 Å². The lowest BCUT2D eigenvalue weighted by Crippen LogP contribution is -2.41. The van der Waals surface area contributed by atoms with E-state index in [1.807, 2.05) is 4.90 Å². The number of amides is 1. The number of benzene rings is 1. The maximum absolute atomic E-state index is 12.0. The van der Waals surface area contributed by atoms with Crippen molar-refractivity contribution in [3.8, 4) is 0 Å². The smallest absolute Gasteiger partial charge is 0.224 e. The van der Waals surface area contributed by atoms with E-state index in [9.17, 15) is 4.79 Å². The molecule has 1 aliphatic heterocycles. The molecule has 0 atom stereocenters. The fraction of sp³-hybridized carbons (Fsp3) is 0.467. The summed E-state index contributed by atoms with van der Waals surface area (Å²) in [6.07, 6.45) is 0.495. The minimum absolute atomic E-state index is 0.183. The van der Waals surface area contributed by atoms with Gasteiger partial charge in [0.1, 0.15) is 0 Å². The molecule has 5 nitrogen and oxygen atoms in total. The van der Waals surface area contributed by atoms with Crippen molar-refractivity contribution < 1.29 is 9.53 Å². The number of morpholine rings is 1. The van der Waals surface area contributed by atoms with Gasteiger partial charge >= 0.3 is 0 Å². The third-order valence-electron chi connectivity index (χ3n) is 3.52. The second-order valence-corrected chi connectivity index (χ2v) is 6.19. The summed E-state index contributed by atoms with van der Waals surface area (Å²) >= 11 is 1.63. The lowest BCUT2D eigenvalue weighted by atomic mass is 10.2. The van der Waals surface area contributed by atoms with Crippen molar-refractivity contribution in [2.24, 2.45) is 0 Å². The molecule has 0 radical (unpaired) electrons. The number of thiazole rings is 1. The van der Waals surface area contributed by atoms with Crippen LogP contribution in [-0.4, -0.2) is 48.6 Å². The Morgan fingerprint density at radius 3 is 3.05 bits per heavy atom. The number of nitrogens with one attached hydrogen (secondary N) is 1. The predicted octanol–water partition coefficient (Wildman–Crippen LogP) is 2.27. The van der Waals surface area contributed by atoms with Crippen LogP contribution in [0.5, 0.6) is 0 Å². The summed E-state index contributed by atoms with van der Waals surface area (Å²) in [5, 5.41) is 4.13. The number of carbonyl (C=O) groups excluding carboxylic acids is 1. The highest BCUT2D eigenvalue weighted by molar-refractivity contribution is 7.22. The molecule has 1 saturated heterocycles. The molecule has 0 bridgehead atoms. The highest BCUT2D eigenvalue weighted by Gasteiger charge is 2.16. The van der Waals surface area contributed by atoms with E-state index in [2.05, 4.69) is 35.4 Å². The van der Waals surface area contributed by atoms with Gasteiger partial charge in [-0.15, -0.1) is 0 Å². The highest BCUT2D eigenvalue weighted by Crippen LogP contribution is 2.26. The van der Waals surface area contributed by atoms with E-state index in [1.54, 1.807) is 11.3 Å². The van der Waals surface area contributed by atoms with Gasteiger partial charge in [0.25, 0.3) is 0 Å². The van der Waals surface area contributed by atoms with Gasteiger partial charge in [-0.05, 0) is 24.6 Å². The van der Waals surface area contributed by atoms with Crippen molar-refractivity contribution in [1.29, 1.82) is 0 Å². The zero-order valence-corrected chi connectivity index (χ0v) is 12.9. The molecule has 0 saturated carbocycles. The monoisotopic (exact) mass is 305 g/mol. The Morgan fingerprint density at radius 1 is 1.43 bits per heavy atom. The Kier molecular flexibility index (Phi) is 4.36. The van der Waals surface area contributed by atoms with Crippen LogP contribution < -0.4 is 5.32 Å². The largest absolute Gasteiger partial charge is 0.378 e. The van der Waals surface area contributed by atoms with E-state index >= 15 is 0 Å². The molecule has 1 aliphatic rings. The molecule has 2 aromatic rings. The summed E-state index contributed by atoms with van der Waals surface area (Å²) in [6, 6.07) is 6.26. The number of ether oxygens (including phenoxy) is 1. The van der Waals surface area contributed by atoms with Crippen LogP contribution in [0.25, 0.3) is 10.2 Å². The number of hydrogen-bond acceptors (Lipinski definition) is 5. The first-order valence-electron chi connectivity index (χ1n) is 7.19. The number of anilines is 1. The molecule has 2 heterocycles. The number of nitrogens with zero attached hydrogens (tertiary/aromatic N) is 2. The summed E-state index contributed by atoms with van der Waals surface area (Å²) in [5.74, 6) is 0.183. The SMILES string of the molecule is Cc1ccc2sc(NCCC(=O)N3CCOCC3)nc2c1. The Bertz CT molecular complexity index is 635. The number of aryl methyl sites for hydroxylation is 1. The van der Waals surface area contributed by atoms with Crippen LogP contribution in [0.4, 0.5) is 5.13 Å². The minimum Gasteiger partial charge on any atom is -0.378 e. The van der Waals surface area contributed by atoms with Gasteiger partial charge in [0, 0.05) is 26.1 Å². The van der Waals surface area contributed by atoms with Crippen LogP contribution in [0.15, 0.2) is 18.2 Å². The topological polar surface area (TPSA) is 54.5 Å². The van der Waals surface area contributed by atoms with Crippen LogP contribution in [0, 0.1) is 6.92 Å². The average Bonchev–Trinajstić information content (AvgIpc) is 2.89. The molecule has 0 unspecified atom stereocenters. The molecule has 6 heteroatoms. The molecular formula is C15H19N3O2S. The molecule has 3 rings (SSSR count). The first-order chi connectivity index (χ1) is 10.2. The normalized spacial score (nSPS) is 15.4. The van der Waals surface area contributed by atoms with Gasteiger partial charge < -0.3 is 15.0 Å². The van der Waals surface area contributed by atoms with Crippen LogP contribution in [0.2, 0.25) is 0 Å². The molecule has 0 aliphatic carbocycles. The number of aromatic nitrogens is 1. The number of hydrogen-bond donors (Lipinski definition) is 1. The standard InChI is InChI=1S/C15H19N3O2S/c1-11-2-3-13-12(10-11)17-15(21-13)16-5-4-14(19)18-6-8-20-9-7-18/h2-3,10H,4-9H2,1H3,(H,16,17). The molecule has 112 valence electrons. The number of carbonyl (C=O) groups is 1. The first-order valence-corrected chi connectivity index (χ1v) is 8.00. The summed E-state index contributed by atoms with van der Waals surface area (Å²) < 4.78 is 6.42. The van der Waals surface area contributed by atoms with Gasteiger partial charge in [0.15, 0.2) is 5.13 Å². The van der Waals surface area contributed by atoms with Crippen LogP contribution in [0.1, 0.15) is 12.0 Å². The minimum atomic E-state index is 0.183. The van der Waals surface area contributed by atoms with E-state index in [0.29, 0.717) is 39.3 Å². The summed E-state index contributed by atoms with van der Waals surface area (Å²) in [6.45, 7) is 5.40. The second-order valence-electron chi connectivity index (χ2n) is 5.16.